The Morgan fingerprint density at radius 2 is 2.11 bits per heavy atom. The molecule has 0 spiro atoms. The molecule has 4 N–H and O–H groups in total. The van der Waals surface area contributed by atoms with Gasteiger partial charge < -0.3 is 20.9 Å². The second-order valence-corrected chi connectivity index (χ2v) is 4.38. The van der Waals surface area contributed by atoms with Crippen molar-refractivity contribution in [2.75, 3.05) is 6.61 Å². The first kappa shape index (κ1) is 15.2. The van der Waals surface area contributed by atoms with E-state index < -0.39 is 18.0 Å². The Kier molecular flexibility index (Phi) is 5.57. The number of primary amides is 1. The Labute approximate surface area is 111 Å². The van der Waals surface area contributed by atoms with Gasteiger partial charge in [-0.3, -0.25) is 0 Å². The molecule has 1 aromatic carbocycles. The number of carbonyl (C=O) groups excluding carboxylic acids is 1. The van der Waals surface area contributed by atoms with Crippen LogP contribution in [-0.2, 0) is 4.74 Å². The number of rotatable bonds is 6. The molecule has 19 heavy (non-hydrogen) atoms. The van der Waals surface area contributed by atoms with Gasteiger partial charge in [0.15, 0.2) is 0 Å². The van der Waals surface area contributed by atoms with Crippen LogP contribution in [0.2, 0.25) is 0 Å². The zero-order chi connectivity index (χ0) is 14.4. The summed E-state index contributed by atoms with van der Waals surface area (Å²) in [6.07, 6.45) is -0.932. The van der Waals surface area contributed by atoms with E-state index in [0.717, 1.165) is 0 Å². The molecule has 0 heterocycles. The summed E-state index contributed by atoms with van der Waals surface area (Å²) in [5, 5.41) is 0. The number of amides is 1. The minimum atomic E-state index is -0.918. The molecule has 1 aromatic rings. The minimum Gasteiger partial charge on any atom is -0.493 e. The number of carbonyl (C=O) groups is 1. The fourth-order valence-corrected chi connectivity index (χ4v) is 1.56. The number of ether oxygens (including phenoxy) is 2. The lowest BCUT2D eigenvalue weighted by molar-refractivity contribution is 0.114. The van der Waals surface area contributed by atoms with Crippen molar-refractivity contribution >= 4 is 6.09 Å². The molecule has 1 rings (SSSR count). The number of hydrogen-bond acceptors (Lipinski definition) is 4. The van der Waals surface area contributed by atoms with Gasteiger partial charge in [-0.2, -0.15) is 0 Å². The minimum absolute atomic E-state index is 0.0168. The predicted octanol–water partition coefficient (Wildman–Crippen LogP) is 2.10. The van der Waals surface area contributed by atoms with Crippen LogP contribution in [0.15, 0.2) is 18.2 Å². The van der Waals surface area contributed by atoms with Crippen molar-refractivity contribution in [3.05, 3.63) is 29.6 Å². The molecule has 6 heteroatoms. The van der Waals surface area contributed by atoms with E-state index in [1.165, 1.54) is 18.2 Å². The maximum absolute atomic E-state index is 13.2. The summed E-state index contributed by atoms with van der Waals surface area (Å²) < 4.78 is 23.6. The molecule has 0 aliphatic carbocycles. The summed E-state index contributed by atoms with van der Waals surface area (Å²) in [7, 11) is 0. The Morgan fingerprint density at radius 3 is 2.68 bits per heavy atom. The Bertz CT molecular complexity index is 438. The molecule has 2 atom stereocenters. The van der Waals surface area contributed by atoms with Gasteiger partial charge in [0, 0.05) is 11.6 Å². The quantitative estimate of drug-likeness (QED) is 0.828. The van der Waals surface area contributed by atoms with Crippen LogP contribution in [0.1, 0.15) is 31.9 Å². The van der Waals surface area contributed by atoms with Crippen LogP contribution >= 0.6 is 0 Å². The fourth-order valence-electron chi connectivity index (χ4n) is 1.56. The van der Waals surface area contributed by atoms with E-state index in [2.05, 4.69) is 0 Å². The third-order valence-corrected chi connectivity index (χ3v) is 2.53. The summed E-state index contributed by atoms with van der Waals surface area (Å²) in [6, 6.07) is 4.05. The largest absolute Gasteiger partial charge is 0.493 e. The Balaban J connectivity index is 2.81. The maximum atomic E-state index is 13.2. The van der Waals surface area contributed by atoms with Crippen LogP contribution < -0.4 is 16.2 Å². The summed E-state index contributed by atoms with van der Waals surface area (Å²) in [6.45, 7) is 3.87. The van der Waals surface area contributed by atoms with E-state index in [9.17, 15) is 9.18 Å². The van der Waals surface area contributed by atoms with Gasteiger partial charge in [0.1, 0.15) is 17.7 Å². The highest BCUT2D eigenvalue weighted by Gasteiger charge is 2.16. The standard InChI is InChI=1S/C13H19FN2O3/c1-8(15)5-6-18-12-4-3-10(14)7-11(12)9(2)19-13(16)17/h3-4,7-9H,5-6,15H2,1-2H3,(H2,16,17)/t8-,9-/m1/s1. The fraction of sp³-hybridized carbons (Fsp3) is 0.462. The molecule has 0 aromatic heterocycles. The van der Waals surface area contributed by atoms with Crippen molar-refractivity contribution < 1.29 is 18.7 Å². The molecule has 5 nitrogen and oxygen atoms in total. The highest BCUT2D eigenvalue weighted by atomic mass is 19.1. The molecule has 0 aliphatic rings. The molecule has 0 saturated carbocycles. The third kappa shape index (κ3) is 5.13. The van der Waals surface area contributed by atoms with Crippen molar-refractivity contribution in [3.8, 4) is 5.75 Å². The number of benzene rings is 1. The molecule has 106 valence electrons. The Morgan fingerprint density at radius 1 is 1.42 bits per heavy atom. The smallest absolute Gasteiger partial charge is 0.405 e. The monoisotopic (exact) mass is 270 g/mol. The van der Waals surface area contributed by atoms with Crippen molar-refractivity contribution in [3.63, 3.8) is 0 Å². The molecular formula is C13H19FN2O3. The first-order chi connectivity index (χ1) is 8.90. The van der Waals surface area contributed by atoms with Gasteiger partial charge in [-0.15, -0.1) is 0 Å². The maximum Gasteiger partial charge on any atom is 0.405 e. The summed E-state index contributed by atoms with van der Waals surface area (Å²) >= 11 is 0. The van der Waals surface area contributed by atoms with Gasteiger partial charge in [-0.05, 0) is 38.5 Å². The first-order valence-corrected chi connectivity index (χ1v) is 6.04. The molecule has 0 unspecified atom stereocenters. The molecule has 0 fully saturated rings. The van der Waals surface area contributed by atoms with Crippen molar-refractivity contribution in [1.82, 2.24) is 0 Å². The summed E-state index contributed by atoms with van der Waals surface area (Å²) in [4.78, 5) is 10.7. The summed E-state index contributed by atoms with van der Waals surface area (Å²) in [5.41, 5.74) is 11.0. The third-order valence-electron chi connectivity index (χ3n) is 2.53. The second kappa shape index (κ2) is 6.94. The number of nitrogens with two attached hydrogens (primary N) is 2. The normalized spacial score (nSPS) is 13.7. The van der Waals surface area contributed by atoms with E-state index in [0.29, 0.717) is 24.3 Å². The average Bonchev–Trinajstić information content (AvgIpc) is 2.29. The molecular weight excluding hydrogens is 251 g/mol. The zero-order valence-electron chi connectivity index (χ0n) is 11.1. The number of halogens is 1. The highest BCUT2D eigenvalue weighted by molar-refractivity contribution is 5.65. The van der Waals surface area contributed by atoms with Crippen LogP contribution in [-0.4, -0.2) is 18.7 Å². The van der Waals surface area contributed by atoms with Gasteiger partial charge >= 0.3 is 6.09 Å². The van der Waals surface area contributed by atoms with Crippen LogP contribution in [0.3, 0.4) is 0 Å². The van der Waals surface area contributed by atoms with E-state index in [-0.39, 0.29) is 6.04 Å². The van der Waals surface area contributed by atoms with Crippen LogP contribution in [0.5, 0.6) is 5.75 Å². The topological polar surface area (TPSA) is 87.6 Å². The summed E-state index contributed by atoms with van der Waals surface area (Å²) in [5.74, 6) is 0.0188. The van der Waals surface area contributed by atoms with Crippen LogP contribution in [0, 0.1) is 5.82 Å². The van der Waals surface area contributed by atoms with Gasteiger partial charge in [-0.25, -0.2) is 9.18 Å². The number of hydrogen-bond donors (Lipinski definition) is 2. The van der Waals surface area contributed by atoms with E-state index in [1.54, 1.807) is 6.92 Å². The van der Waals surface area contributed by atoms with Gasteiger partial charge in [0.25, 0.3) is 0 Å². The molecule has 0 saturated heterocycles. The van der Waals surface area contributed by atoms with Crippen LogP contribution in [0.25, 0.3) is 0 Å². The van der Waals surface area contributed by atoms with Gasteiger partial charge in [-0.1, -0.05) is 0 Å². The molecule has 0 aliphatic heterocycles. The first-order valence-electron chi connectivity index (χ1n) is 6.04. The van der Waals surface area contributed by atoms with E-state index >= 15 is 0 Å². The van der Waals surface area contributed by atoms with Crippen molar-refractivity contribution in [2.24, 2.45) is 11.5 Å². The lowest BCUT2D eigenvalue weighted by Crippen LogP contribution is -2.19. The van der Waals surface area contributed by atoms with E-state index in [4.69, 9.17) is 20.9 Å². The molecule has 0 radical (unpaired) electrons. The second-order valence-electron chi connectivity index (χ2n) is 4.38. The van der Waals surface area contributed by atoms with Crippen molar-refractivity contribution in [1.29, 1.82) is 0 Å². The Hall–Kier alpha value is -1.82. The van der Waals surface area contributed by atoms with Crippen molar-refractivity contribution in [2.45, 2.75) is 32.4 Å². The molecule has 1 amide bonds. The lowest BCUT2D eigenvalue weighted by Gasteiger charge is -2.17. The molecule has 0 bridgehead atoms. The van der Waals surface area contributed by atoms with E-state index in [1.807, 2.05) is 6.92 Å². The SMILES string of the molecule is C[C@@H](N)CCOc1ccc(F)cc1[C@@H](C)OC(N)=O. The zero-order valence-corrected chi connectivity index (χ0v) is 11.1. The van der Waals surface area contributed by atoms with Gasteiger partial charge in [0.2, 0.25) is 0 Å². The lowest BCUT2D eigenvalue weighted by atomic mass is 10.1. The van der Waals surface area contributed by atoms with Gasteiger partial charge in [0.05, 0.1) is 6.61 Å². The van der Waals surface area contributed by atoms with Crippen LogP contribution in [0.4, 0.5) is 9.18 Å². The predicted molar refractivity (Wildman–Crippen MR) is 69.2 cm³/mol. The highest BCUT2D eigenvalue weighted by Crippen LogP contribution is 2.28. The average molecular weight is 270 g/mol.